The number of carbonyl (C=O) groups excluding carboxylic acids is 1. The molecule has 0 saturated carbocycles. The first-order valence-electron chi connectivity index (χ1n) is 8.81. The molecular weight excluding hydrogens is 387 g/mol. The molecule has 0 radical (unpaired) electrons. The Morgan fingerprint density at radius 3 is 2.72 bits per heavy atom. The van der Waals surface area contributed by atoms with Gasteiger partial charge in [0.25, 0.3) is 0 Å². The Kier molecular flexibility index (Phi) is 4.73. The maximum Gasteiger partial charge on any atom is 0.416 e. The van der Waals surface area contributed by atoms with Crippen molar-refractivity contribution in [1.82, 2.24) is 10.1 Å². The molecule has 1 fully saturated rings. The topological polar surface area (TPSA) is 68.5 Å². The standard InChI is InChI=1S/C20H16F3N3O3/c1-28-16-7-3-6-15(10-16)26-11-13(9-17(26)27)19-24-18(25-29-19)12-4-2-5-14(8-12)20(21,22)23/h2-8,10,13H,9,11H2,1H3. The summed E-state index contributed by atoms with van der Waals surface area (Å²) in [7, 11) is 1.54. The monoisotopic (exact) mass is 403 g/mol. The second kappa shape index (κ2) is 7.23. The van der Waals surface area contributed by atoms with E-state index in [0.29, 0.717) is 18.0 Å². The van der Waals surface area contributed by atoms with Crippen molar-refractivity contribution in [3.8, 4) is 17.1 Å². The molecule has 0 aliphatic carbocycles. The predicted octanol–water partition coefficient (Wildman–Crippen LogP) is 4.28. The summed E-state index contributed by atoms with van der Waals surface area (Å²) >= 11 is 0. The van der Waals surface area contributed by atoms with Crippen LogP contribution in [0.2, 0.25) is 0 Å². The third-order valence-corrected chi connectivity index (χ3v) is 4.73. The summed E-state index contributed by atoms with van der Waals surface area (Å²) < 4.78 is 49.2. The van der Waals surface area contributed by atoms with Gasteiger partial charge in [-0.25, -0.2) is 0 Å². The van der Waals surface area contributed by atoms with Crippen molar-refractivity contribution < 1.29 is 27.2 Å². The second-order valence-corrected chi connectivity index (χ2v) is 6.64. The fraction of sp³-hybridized carbons (Fsp3) is 0.250. The zero-order chi connectivity index (χ0) is 20.6. The first-order chi connectivity index (χ1) is 13.8. The van der Waals surface area contributed by atoms with Crippen molar-refractivity contribution in [2.75, 3.05) is 18.6 Å². The highest BCUT2D eigenvalue weighted by Gasteiger charge is 2.36. The maximum atomic E-state index is 12.9. The van der Waals surface area contributed by atoms with E-state index in [1.807, 2.05) is 0 Å². The normalized spacial score (nSPS) is 17.0. The zero-order valence-corrected chi connectivity index (χ0v) is 15.3. The molecule has 2 aromatic carbocycles. The number of benzene rings is 2. The highest BCUT2D eigenvalue weighted by Crippen LogP contribution is 2.34. The minimum absolute atomic E-state index is 0.0541. The first-order valence-corrected chi connectivity index (χ1v) is 8.81. The van der Waals surface area contributed by atoms with Crippen LogP contribution >= 0.6 is 0 Å². The van der Waals surface area contributed by atoms with Gasteiger partial charge in [-0.1, -0.05) is 23.4 Å². The van der Waals surface area contributed by atoms with Crippen molar-refractivity contribution in [3.05, 3.63) is 60.0 Å². The lowest BCUT2D eigenvalue weighted by Gasteiger charge is -2.16. The number of carbonyl (C=O) groups is 1. The summed E-state index contributed by atoms with van der Waals surface area (Å²) in [5, 5.41) is 3.80. The van der Waals surface area contributed by atoms with Gasteiger partial charge in [0.2, 0.25) is 17.6 Å². The van der Waals surface area contributed by atoms with E-state index in [-0.39, 0.29) is 35.5 Å². The SMILES string of the molecule is COc1cccc(N2CC(c3nc(-c4cccc(C(F)(F)F)c4)no3)CC2=O)c1. The average Bonchev–Trinajstić information content (AvgIpc) is 3.34. The minimum Gasteiger partial charge on any atom is -0.497 e. The van der Waals surface area contributed by atoms with Gasteiger partial charge in [-0.15, -0.1) is 0 Å². The van der Waals surface area contributed by atoms with Gasteiger partial charge in [0.05, 0.1) is 18.6 Å². The lowest BCUT2D eigenvalue weighted by atomic mass is 10.1. The number of anilines is 1. The Balaban J connectivity index is 1.55. The minimum atomic E-state index is -4.46. The van der Waals surface area contributed by atoms with Crippen LogP contribution in [-0.2, 0) is 11.0 Å². The number of rotatable bonds is 4. The quantitative estimate of drug-likeness (QED) is 0.650. The van der Waals surface area contributed by atoms with Crippen LogP contribution in [0.1, 0.15) is 23.8 Å². The van der Waals surface area contributed by atoms with Crippen molar-refractivity contribution >= 4 is 11.6 Å². The fourth-order valence-electron chi connectivity index (χ4n) is 3.25. The number of ether oxygens (including phenoxy) is 1. The number of aromatic nitrogens is 2. The summed E-state index contributed by atoms with van der Waals surface area (Å²) in [6.07, 6.45) is -4.29. The molecule has 1 amide bonds. The van der Waals surface area contributed by atoms with Gasteiger partial charge in [-0.05, 0) is 24.3 Å². The number of hydrogen-bond acceptors (Lipinski definition) is 5. The van der Waals surface area contributed by atoms with Gasteiger partial charge in [0, 0.05) is 30.3 Å². The molecule has 150 valence electrons. The van der Waals surface area contributed by atoms with Crippen LogP contribution in [0.25, 0.3) is 11.4 Å². The summed E-state index contributed by atoms with van der Waals surface area (Å²) in [4.78, 5) is 18.3. The van der Waals surface area contributed by atoms with Crippen LogP contribution in [0.3, 0.4) is 0 Å². The van der Waals surface area contributed by atoms with Crippen LogP contribution in [-0.4, -0.2) is 29.7 Å². The lowest BCUT2D eigenvalue weighted by molar-refractivity contribution is -0.137. The van der Waals surface area contributed by atoms with Gasteiger partial charge in [-0.2, -0.15) is 18.2 Å². The van der Waals surface area contributed by atoms with Gasteiger partial charge >= 0.3 is 6.18 Å². The van der Waals surface area contributed by atoms with Crippen molar-refractivity contribution in [2.45, 2.75) is 18.5 Å². The number of halogens is 3. The van der Waals surface area contributed by atoms with Crippen molar-refractivity contribution in [1.29, 1.82) is 0 Å². The van der Waals surface area contributed by atoms with E-state index < -0.39 is 11.7 Å². The summed E-state index contributed by atoms with van der Waals surface area (Å²) in [6.45, 7) is 0.330. The second-order valence-electron chi connectivity index (χ2n) is 6.64. The van der Waals surface area contributed by atoms with Crippen LogP contribution < -0.4 is 9.64 Å². The van der Waals surface area contributed by atoms with Crippen molar-refractivity contribution in [3.63, 3.8) is 0 Å². The van der Waals surface area contributed by atoms with Crippen LogP contribution in [0.15, 0.2) is 53.1 Å². The number of methoxy groups -OCH3 is 1. The molecule has 1 aliphatic heterocycles. The number of alkyl halides is 3. The fourth-order valence-corrected chi connectivity index (χ4v) is 3.25. The molecule has 1 unspecified atom stereocenters. The van der Waals surface area contributed by atoms with E-state index >= 15 is 0 Å². The third kappa shape index (κ3) is 3.80. The van der Waals surface area contributed by atoms with Crippen LogP contribution in [0.4, 0.5) is 18.9 Å². The molecule has 2 heterocycles. The molecule has 0 spiro atoms. The van der Waals surface area contributed by atoms with E-state index in [0.717, 1.165) is 12.1 Å². The van der Waals surface area contributed by atoms with Gasteiger partial charge in [-0.3, -0.25) is 4.79 Å². The molecule has 9 heteroatoms. The number of hydrogen-bond donors (Lipinski definition) is 0. The predicted molar refractivity (Wildman–Crippen MR) is 97.4 cm³/mol. The lowest BCUT2D eigenvalue weighted by Crippen LogP contribution is -2.24. The number of nitrogens with zero attached hydrogens (tertiary/aromatic N) is 3. The van der Waals surface area contributed by atoms with Gasteiger partial charge in [0.1, 0.15) is 5.75 Å². The van der Waals surface area contributed by atoms with Crippen LogP contribution in [0, 0.1) is 0 Å². The maximum absolute atomic E-state index is 12.9. The van der Waals surface area contributed by atoms with E-state index in [2.05, 4.69) is 10.1 Å². The Bertz CT molecular complexity index is 1050. The Morgan fingerprint density at radius 2 is 1.97 bits per heavy atom. The van der Waals surface area contributed by atoms with E-state index in [9.17, 15) is 18.0 Å². The molecule has 4 rings (SSSR count). The van der Waals surface area contributed by atoms with E-state index in [4.69, 9.17) is 9.26 Å². The molecule has 1 atom stereocenters. The molecule has 0 N–H and O–H groups in total. The molecule has 3 aromatic rings. The summed E-state index contributed by atoms with van der Waals surface area (Å²) in [6, 6.07) is 11.8. The Morgan fingerprint density at radius 1 is 1.17 bits per heavy atom. The smallest absolute Gasteiger partial charge is 0.416 e. The molecule has 1 saturated heterocycles. The largest absolute Gasteiger partial charge is 0.497 e. The van der Waals surface area contributed by atoms with Crippen LogP contribution in [0.5, 0.6) is 5.75 Å². The van der Waals surface area contributed by atoms with Gasteiger partial charge in [0.15, 0.2) is 0 Å². The summed E-state index contributed by atoms with van der Waals surface area (Å²) in [5.74, 6) is 0.445. The molecule has 1 aliphatic rings. The summed E-state index contributed by atoms with van der Waals surface area (Å²) in [5.41, 5.74) is 0.0971. The number of amides is 1. The van der Waals surface area contributed by atoms with E-state index in [1.165, 1.54) is 12.1 Å². The highest BCUT2D eigenvalue weighted by atomic mass is 19.4. The van der Waals surface area contributed by atoms with Gasteiger partial charge < -0.3 is 14.2 Å². The van der Waals surface area contributed by atoms with Crippen molar-refractivity contribution in [2.24, 2.45) is 0 Å². The Hall–Kier alpha value is -3.36. The molecule has 29 heavy (non-hydrogen) atoms. The Labute approximate surface area is 163 Å². The molecule has 0 bridgehead atoms. The zero-order valence-electron chi connectivity index (χ0n) is 15.3. The molecule has 1 aromatic heterocycles. The average molecular weight is 403 g/mol. The molecule has 6 nitrogen and oxygen atoms in total. The third-order valence-electron chi connectivity index (χ3n) is 4.73. The van der Waals surface area contributed by atoms with E-state index in [1.54, 1.807) is 36.3 Å². The molecular formula is C20H16F3N3O3. The highest BCUT2D eigenvalue weighted by molar-refractivity contribution is 5.96. The first kappa shape index (κ1) is 19.0.